The summed E-state index contributed by atoms with van der Waals surface area (Å²) in [6.45, 7) is 6.10. The average Bonchev–Trinajstić information content (AvgIpc) is 3.65. The van der Waals surface area contributed by atoms with E-state index in [9.17, 15) is 4.79 Å². The Labute approximate surface area is 252 Å². The standard InChI is InChI=1S/C31H29ClN6OS2/c1-22-11-13-24(14-12-22)38-29(25-9-5-6-10-26(25)32)34-35-31(38)41-21-28-33-27(20-40-28)30(39)37-17-15-36(16-18-37)19-23-7-3-2-4-8-23/h2-14,20H,15-19,21H2,1H3. The third-order valence-electron chi connectivity index (χ3n) is 7.04. The Morgan fingerprint density at radius 2 is 1.66 bits per heavy atom. The van der Waals surface area contributed by atoms with Gasteiger partial charge in [-0.15, -0.1) is 21.5 Å². The first-order chi connectivity index (χ1) is 20.0. The van der Waals surface area contributed by atoms with Crippen molar-refractivity contribution in [2.24, 2.45) is 0 Å². The van der Waals surface area contributed by atoms with Gasteiger partial charge in [-0.2, -0.15) is 0 Å². The molecule has 1 amide bonds. The van der Waals surface area contributed by atoms with Crippen LogP contribution in [0.25, 0.3) is 17.1 Å². The fraction of sp³-hybridized carbons (Fsp3) is 0.226. The van der Waals surface area contributed by atoms with Gasteiger partial charge in [0.25, 0.3) is 5.91 Å². The highest BCUT2D eigenvalue weighted by Gasteiger charge is 2.24. The predicted octanol–water partition coefficient (Wildman–Crippen LogP) is 6.60. The van der Waals surface area contributed by atoms with E-state index in [0.717, 1.165) is 41.0 Å². The normalized spacial score (nSPS) is 14.0. The fourth-order valence-electron chi connectivity index (χ4n) is 4.82. The number of hydrogen-bond acceptors (Lipinski definition) is 7. The molecule has 2 aromatic heterocycles. The molecule has 0 saturated carbocycles. The van der Waals surface area contributed by atoms with Crippen LogP contribution >= 0.6 is 34.7 Å². The smallest absolute Gasteiger partial charge is 0.273 e. The highest BCUT2D eigenvalue weighted by Crippen LogP contribution is 2.33. The molecule has 3 heterocycles. The Bertz CT molecular complexity index is 1630. The lowest BCUT2D eigenvalue weighted by atomic mass is 10.2. The lowest BCUT2D eigenvalue weighted by molar-refractivity contribution is 0.0623. The van der Waals surface area contributed by atoms with E-state index in [2.05, 4.69) is 70.6 Å². The van der Waals surface area contributed by atoms with Gasteiger partial charge in [0.2, 0.25) is 0 Å². The maximum atomic E-state index is 13.2. The fourth-order valence-corrected chi connectivity index (χ4v) is 6.78. The molecule has 6 rings (SSSR count). The van der Waals surface area contributed by atoms with Crippen LogP contribution in [0.1, 0.15) is 26.6 Å². The van der Waals surface area contributed by atoms with Crippen LogP contribution in [0, 0.1) is 6.92 Å². The Hall–Kier alpha value is -3.50. The second kappa shape index (κ2) is 12.6. The molecule has 0 unspecified atom stereocenters. The molecule has 0 aliphatic carbocycles. The van der Waals surface area contributed by atoms with Crippen LogP contribution in [0.4, 0.5) is 0 Å². The summed E-state index contributed by atoms with van der Waals surface area (Å²) in [5.74, 6) is 1.26. The van der Waals surface area contributed by atoms with E-state index in [1.807, 2.05) is 45.2 Å². The second-order valence-corrected chi connectivity index (χ2v) is 12.2. The van der Waals surface area contributed by atoms with Crippen molar-refractivity contribution in [2.45, 2.75) is 24.4 Å². The predicted molar refractivity (Wildman–Crippen MR) is 166 cm³/mol. The minimum Gasteiger partial charge on any atom is -0.335 e. The number of piperazine rings is 1. The summed E-state index contributed by atoms with van der Waals surface area (Å²) in [5, 5.41) is 13.1. The van der Waals surface area contributed by atoms with E-state index < -0.39 is 0 Å². The number of benzene rings is 3. The second-order valence-electron chi connectivity index (χ2n) is 9.93. The summed E-state index contributed by atoms with van der Waals surface area (Å²) in [5.41, 5.74) is 4.76. The van der Waals surface area contributed by atoms with Gasteiger partial charge in [-0.05, 0) is 36.8 Å². The number of carbonyl (C=O) groups is 1. The van der Waals surface area contributed by atoms with Gasteiger partial charge >= 0.3 is 0 Å². The lowest BCUT2D eigenvalue weighted by Crippen LogP contribution is -2.48. The number of hydrogen-bond donors (Lipinski definition) is 0. The molecule has 3 aromatic carbocycles. The van der Waals surface area contributed by atoms with Crippen LogP contribution in [0.15, 0.2) is 89.4 Å². The maximum Gasteiger partial charge on any atom is 0.273 e. The topological polar surface area (TPSA) is 67.2 Å². The van der Waals surface area contributed by atoms with Gasteiger partial charge in [0.15, 0.2) is 11.0 Å². The minimum atomic E-state index is 0.000638. The molecular formula is C31H29ClN6OS2. The number of aryl methyl sites for hydroxylation is 1. The molecule has 7 nitrogen and oxygen atoms in total. The Kier molecular flexibility index (Phi) is 8.48. The molecule has 1 aliphatic heterocycles. The Morgan fingerprint density at radius 1 is 0.927 bits per heavy atom. The number of aromatic nitrogens is 4. The number of thioether (sulfide) groups is 1. The lowest BCUT2D eigenvalue weighted by Gasteiger charge is -2.34. The number of carbonyl (C=O) groups excluding carboxylic acids is 1. The van der Waals surface area contributed by atoms with Gasteiger partial charge in [-0.1, -0.05) is 83.5 Å². The minimum absolute atomic E-state index is 0.000638. The number of rotatable bonds is 8. The molecule has 0 bridgehead atoms. The SMILES string of the molecule is Cc1ccc(-n2c(SCc3nc(C(=O)N4CCN(Cc5ccccc5)CC4)cs3)nnc2-c2ccccc2Cl)cc1. The van der Waals surface area contributed by atoms with Gasteiger partial charge < -0.3 is 4.90 Å². The van der Waals surface area contributed by atoms with Crippen molar-refractivity contribution in [3.8, 4) is 17.1 Å². The van der Waals surface area contributed by atoms with Crippen LogP contribution < -0.4 is 0 Å². The van der Waals surface area contributed by atoms with Crippen molar-refractivity contribution in [3.05, 3.63) is 111 Å². The van der Waals surface area contributed by atoms with Gasteiger partial charge in [0.1, 0.15) is 10.7 Å². The summed E-state index contributed by atoms with van der Waals surface area (Å²) in [6, 6.07) is 26.4. The van der Waals surface area contributed by atoms with E-state index in [4.69, 9.17) is 16.6 Å². The zero-order chi connectivity index (χ0) is 28.2. The highest BCUT2D eigenvalue weighted by atomic mass is 35.5. The molecule has 0 N–H and O–H groups in total. The molecule has 5 aromatic rings. The summed E-state index contributed by atoms with van der Waals surface area (Å²) < 4.78 is 2.03. The van der Waals surface area contributed by atoms with E-state index in [1.165, 1.54) is 22.5 Å². The summed E-state index contributed by atoms with van der Waals surface area (Å²) in [6.07, 6.45) is 0. The molecule has 0 radical (unpaired) electrons. The van der Waals surface area contributed by atoms with Crippen LogP contribution in [0.2, 0.25) is 5.02 Å². The summed E-state index contributed by atoms with van der Waals surface area (Å²) in [7, 11) is 0. The van der Waals surface area contributed by atoms with Crippen molar-refractivity contribution < 1.29 is 4.79 Å². The van der Waals surface area contributed by atoms with Gasteiger partial charge in [0, 0.05) is 49.4 Å². The van der Waals surface area contributed by atoms with Crippen molar-refractivity contribution >= 4 is 40.6 Å². The van der Waals surface area contributed by atoms with Crippen molar-refractivity contribution in [3.63, 3.8) is 0 Å². The van der Waals surface area contributed by atoms with Crippen LogP contribution in [-0.4, -0.2) is 61.6 Å². The van der Waals surface area contributed by atoms with Gasteiger partial charge in [0.05, 0.1) is 10.8 Å². The molecule has 1 aliphatic rings. The maximum absolute atomic E-state index is 13.2. The van der Waals surface area contributed by atoms with E-state index in [0.29, 0.717) is 35.4 Å². The summed E-state index contributed by atoms with van der Waals surface area (Å²) in [4.78, 5) is 22.2. The van der Waals surface area contributed by atoms with Crippen molar-refractivity contribution in [1.82, 2.24) is 29.5 Å². The molecule has 10 heteroatoms. The number of thiazole rings is 1. The van der Waals surface area contributed by atoms with E-state index >= 15 is 0 Å². The van der Waals surface area contributed by atoms with E-state index in [-0.39, 0.29) is 5.91 Å². The monoisotopic (exact) mass is 600 g/mol. The number of amides is 1. The van der Waals surface area contributed by atoms with Gasteiger partial charge in [-0.3, -0.25) is 14.3 Å². The quantitative estimate of drug-likeness (QED) is 0.187. The molecule has 0 atom stereocenters. The molecular weight excluding hydrogens is 572 g/mol. The molecule has 0 spiro atoms. The largest absolute Gasteiger partial charge is 0.335 e. The Balaban J connectivity index is 1.13. The zero-order valence-corrected chi connectivity index (χ0v) is 25.0. The number of nitrogens with zero attached hydrogens (tertiary/aromatic N) is 6. The first-order valence-electron chi connectivity index (χ1n) is 13.5. The van der Waals surface area contributed by atoms with Crippen LogP contribution in [0.5, 0.6) is 0 Å². The Morgan fingerprint density at radius 3 is 2.41 bits per heavy atom. The zero-order valence-electron chi connectivity index (χ0n) is 22.6. The van der Waals surface area contributed by atoms with Crippen LogP contribution in [-0.2, 0) is 12.3 Å². The number of halogens is 1. The third-order valence-corrected chi connectivity index (χ3v) is 9.35. The molecule has 1 fully saturated rings. The van der Waals surface area contributed by atoms with Crippen molar-refractivity contribution in [1.29, 1.82) is 0 Å². The highest BCUT2D eigenvalue weighted by molar-refractivity contribution is 7.98. The summed E-state index contributed by atoms with van der Waals surface area (Å²) >= 11 is 9.58. The molecule has 208 valence electrons. The first kappa shape index (κ1) is 27.7. The van der Waals surface area contributed by atoms with Gasteiger partial charge in [-0.25, -0.2) is 4.98 Å². The van der Waals surface area contributed by atoms with Crippen LogP contribution in [0.3, 0.4) is 0 Å². The van der Waals surface area contributed by atoms with E-state index in [1.54, 1.807) is 11.8 Å². The van der Waals surface area contributed by atoms with Crippen molar-refractivity contribution in [2.75, 3.05) is 26.2 Å². The molecule has 1 saturated heterocycles. The molecule has 41 heavy (non-hydrogen) atoms. The average molecular weight is 601 g/mol. The third kappa shape index (κ3) is 6.38. The first-order valence-corrected chi connectivity index (χ1v) is 15.7.